The molecular formula is C25H30N4O3. The maximum atomic E-state index is 12.9. The molecule has 32 heavy (non-hydrogen) atoms. The molecule has 2 saturated heterocycles. The fourth-order valence-corrected chi connectivity index (χ4v) is 4.82. The van der Waals surface area contributed by atoms with E-state index in [0.29, 0.717) is 36.2 Å². The quantitative estimate of drug-likeness (QED) is 0.679. The third-order valence-corrected chi connectivity index (χ3v) is 6.93. The van der Waals surface area contributed by atoms with Gasteiger partial charge in [-0.15, -0.1) is 0 Å². The first-order valence-corrected chi connectivity index (χ1v) is 11.4. The topological polar surface area (TPSA) is 100 Å². The number of piperidine rings is 2. The Kier molecular flexibility index (Phi) is 6.50. The second kappa shape index (κ2) is 9.47. The summed E-state index contributed by atoms with van der Waals surface area (Å²) in [5.41, 5.74) is 4.28. The fourth-order valence-electron chi connectivity index (χ4n) is 4.82. The third-order valence-electron chi connectivity index (χ3n) is 6.93. The number of hydrogen-bond acceptors (Lipinski definition) is 4. The second-order valence-corrected chi connectivity index (χ2v) is 9.12. The largest absolute Gasteiger partial charge is 0.465 e. The van der Waals surface area contributed by atoms with E-state index in [0.717, 1.165) is 50.0 Å². The van der Waals surface area contributed by atoms with Crippen LogP contribution in [0.4, 0.5) is 10.5 Å². The van der Waals surface area contributed by atoms with Crippen molar-refractivity contribution in [2.45, 2.75) is 44.9 Å². The van der Waals surface area contributed by atoms with Crippen LogP contribution in [0.25, 0.3) is 0 Å². The van der Waals surface area contributed by atoms with Crippen molar-refractivity contribution in [3.8, 4) is 6.07 Å². The zero-order valence-corrected chi connectivity index (χ0v) is 18.5. The Hall–Kier alpha value is -3.27. The second-order valence-electron chi connectivity index (χ2n) is 9.12. The van der Waals surface area contributed by atoms with Crippen LogP contribution in [-0.4, -0.2) is 53.0 Å². The Balaban J connectivity index is 1.57. The van der Waals surface area contributed by atoms with Gasteiger partial charge in [-0.1, -0.05) is 19.1 Å². The van der Waals surface area contributed by atoms with Crippen molar-refractivity contribution >= 4 is 17.6 Å². The molecule has 2 aromatic rings. The van der Waals surface area contributed by atoms with Gasteiger partial charge in [0.05, 0.1) is 11.3 Å². The van der Waals surface area contributed by atoms with Gasteiger partial charge in [-0.25, -0.2) is 4.79 Å². The van der Waals surface area contributed by atoms with Crippen LogP contribution in [0.15, 0.2) is 30.5 Å². The lowest BCUT2D eigenvalue weighted by Gasteiger charge is -2.35. The molecular weight excluding hydrogens is 404 g/mol. The summed E-state index contributed by atoms with van der Waals surface area (Å²) in [4.78, 5) is 30.9. The third kappa shape index (κ3) is 4.80. The number of nitrogens with zero attached hydrogens (tertiary/aromatic N) is 3. The van der Waals surface area contributed by atoms with Gasteiger partial charge in [0.25, 0.3) is 0 Å². The van der Waals surface area contributed by atoms with E-state index in [1.807, 2.05) is 0 Å². The molecule has 0 atom stereocenters. The molecule has 2 aliphatic heterocycles. The minimum atomic E-state index is -0.843. The van der Waals surface area contributed by atoms with E-state index in [-0.39, 0.29) is 12.2 Å². The summed E-state index contributed by atoms with van der Waals surface area (Å²) in [6.07, 6.45) is 4.91. The van der Waals surface area contributed by atoms with Gasteiger partial charge in [-0.2, -0.15) is 5.26 Å². The Morgan fingerprint density at radius 1 is 1.12 bits per heavy atom. The number of amides is 1. The SMILES string of the molecule is CC1CCN(c2cc(C3CCN(C(=O)O)CC3)ccc2CC(=O)c2cc(C#N)c[nH]2)CC1. The first-order chi connectivity index (χ1) is 15.4. The molecule has 168 valence electrons. The first-order valence-electron chi connectivity index (χ1n) is 11.4. The lowest BCUT2D eigenvalue weighted by molar-refractivity contribution is 0.0988. The molecule has 2 aliphatic rings. The molecule has 4 rings (SSSR count). The summed E-state index contributed by atoms with van der Waals surface area (Å²) in [5, 5.41) is 18.3. The minimum Gasteiger partial charge on any atom is -0.465 e. The zero-order valence-electron chi connectivity index (χ0n) is 18.5. The lowest BCUT2D eigenvalue weighted by Crippen LogP contribution is -2.37. The smallest absolute Gasteiger partial charge is 0.407 e. The van der Waals surface area contributed by atoms with Crippen LogP contribution in [0.3, 0.4) is 0 Å². The molecule has 1 amide bonds. The van der Waals surface area contributed by atoms with E-state index in [1.54, 1.807) is 12.3 Å². The average Bonchev–Trinajstić information content (AvgIpc) is 3.30. The van der Waals surface area contributed by atoms with Crippen molar-refractivity contribution in [3.63, 3.8) is 0 Å². The summed E-state index contributed by atoms with van der Waals surface area (Å²) >= 11 is 0. The normalized spacial score (nSPS) is 17.9. The average molecular weight is 435 g/mol. The van der Waals surface area contributed by atoms with Crippen molar-refractivity contribution in [2.75, 3.05) is 31.1 Å². The number of Topliss-reactive ketones (excluding diaryl/α,β-unsaturated/α-hetero) is 1. The van der Waals surface area contributed by atoms with Crippen LogP contribution in [0.5, 0.6) is 0 Å². The van der Waals surface area contributed by atoms with Crippen molar-refractivity contribution in [2.24, 2.45) is 5.92 Å². The van der Waals surface area contributed by atoms with E-state index in [4.69, 9.17) is 5.26 Å². The Labute approximate surface area is 188 Å². The molecule has 1 aromatic carbocycles. The molecule has 0 aliphatic carbocycles. The Morgan fingerprint density at radius 2 is 1.84 bits per heavy atom. The van der Waals surface area contributed by atoms with Crippen LogP contribution >= 0.6 is 0 Å². The Bertz CT molecular complexity index is 1020. The van der Waals surface area contributed by atoms with Gasteiger partial charge in [0.1, 0.15) is 6.07 Å². The number of carbonyl (C=O) groups excluding carboxylic acids is 1. The van der Waals surface area contributed by atoms with Gasteiger partial charge in [-0.3, -0.25) is 4.79 Å². The fraction of sp³-hybridized carbons (Fsp3) is 0.480. The molecule has 0 saturated carbocycles. The van der Waals surface area contributed by atoms with E-state index < -0.39 is 6.09 Å². The number of likely N-dealkylation sites (tertiary alicyclic amines) is 1. The molecule has 2 fully saturated rings. The number of aromatic nitrogens is 1. The number of ketones is 1. The van der Waals surface area contributed by atoms with Gasteiger partial charge in [0.15, 0.2) is 5.78 Å². The van der Waals surface area contributed by atoms with Crippen LogP contribution in [0.1, 0.15) is 65.7 Å². The van der Waals surface area contributed by atoms with Gasteiger partial charge in [0, 0.05) is 44.5 Å². The van der Waals surface area contributed by atoms with Crippen LogP contribution < -0.4 is 4.90 Å². The number of nitrogens with one attached hydrogen (secondary N) is 1. The first kappa shape index (κ1) is 21.9. The van der Waals surface area contributed by atoms with Crippen molar-refractivity contribution in [1.82, 2.24) is 9.88 Å². The number of anilines is 1. The van der Waals surface area contributed by atoms with Crippen molar-refractivity contribution < 1.29 is 14.7 Å². The molecule has 0 spiro atoms. The highest BCUT2D eigenvalue weighted by molar-refractivity contribution is 5.97. The van der Waals surface area contributed by atoms with Crippen molar-refractivity contribution in [1.29, 1.82) is 5.26 Å². The van der Waals surface area contributed by atoms with Crippen LogP contribution in [0, 0.1) is 17.2 Å². The van der Waals surface area contributed by atoms with Gasteiger partial charge < -0.3 is 19.9 Å². The molecule has 2 N–H and O–H groups in total. The lowest BCUT2D eigenvalue weighted by atomic mass is 9.87. The van der Waals surface area contributed by atoms with Crippen molar-refractivity contribution in [3.05, 3.63) is 52.8 Å². The number of H-pyrrole nitrogens is 1. The molecule has 0 bridgehead atoms. The molecule has 0 radical (unpaired) electrons. The van der Waals surface area contributed by atoms with E-state index >= 15 is 0 Å². The summed E-state index contributed by atoms with van der Waals surface area (Å²) < 4.78 is 0. The van der Waals surface area contributed by atoms with E-state index in [1.165, 1.54) is 10.5 Å². The van der Waals surface area contributed by atoms with Crippen LogP contribution in [0.2, 0.25) is 0 Å². The summed E-state index contributed by atoms with van der Waals surface area (Å²) in [5.74, 6) is 1.02. The van der Waals surface area contributed by atoms with Gasteiger partial charge in [-0.05, 0) is 60.8 Å². The highest BCUT2D eigenvalue weighted by Crippen LogP contribution is 2.34. The van der Waals surface area contributed by atoms with Gasteiger partial charge >= 0.3 is 6.09 Å². The zero-order chi connectivity index (χ0) is 22.7. The molecule has 7 heteroatoms. The maximum Gasteiger partial charge on any atom is 0.407 e. The molecule has 7 nitrogen and oxygen atoms in total. The molecule has 3 heterocycles. The van der Waals surface area contributed by atoms with E-state index in [9.17, 15) is 14.7 Å². The number of hydrogen-bond donors (Lipinski definition) is 2. The molecule has 0 unspecified atom stereocenters. The van der Waals surface area contributed by atoms with Gasteiger partial charge in [0.2, 0.25) is 0 Å². The molecule has 1 aromatic heterocycles. The number of rotatable bonds is 5. The highest BCUT2D eigenvalue weighted by Gasteiger charge is 2.26. The number of benzene rings is 1. The summed E-state index contributed by atoms with van der Waals surface area (Å²) in [6, 6.07) is 10.1. The van der Waals surface area contributed by atoms with E-state index in [2.05, 4.69) is 41.1 Å². The summed E-state index contributed by atoms with van der Waals surface area (Å²) in [6.45, 7) is 5.36. The predicted molar refractivity (Wildman–Crippen MR) is 122 cm³/mol. The number of aromatic amines is 1. The maximum absolute atomic E-state index is 12.9. The monoisotopic (exact) mass is 434 g/mol. The minimum absolute atomic E-state index is 0.0272. The highest BCUT2D eigenvalue weighted by atomic mass is 16.4. The standard InChI is InChI=1S/C25H30N4O3/c1-17-4-8-28(9-5-17)23-13-20(19-6-10-29(11-7-19)25(31)32)2-3-21(23)14-24(30)22-12-18(15-26)16-27-22/h2-3,12-13,16-17,19,27H,4-11,14H2,1H3,(H,31,32). The predicted octanol–water partition coefficient (Wildman–Crippen LogP) is 4.41. The number of carboxylic acid groups (broad SMARTS) is 1. The summed E-state index contributed by atoms with van der Waals surface area (Å²) in [7, 11) is 0. The number of nitriles is 1. The van der Waals surface area contributed by atoms with Crippen LogP contribution in [-0.2, 0) is 6.42 Å². The Morgan fingerprint density at radius 3 is 2.47 bits per heavy atom. The number of carbonyl (C=O) groups is 2.